The number of benzene rings is 2. The van der Waals surface area contributed by atoms with E-state index < -0.39 is 18.2 Å². The lowest BCUT2D eigenvalue weighted by atomic mass is 10.00. The van der Waals surface area contributed by atoms with Gasteiger partial charge in [-0.15, -0.1) is 0 Å². The maximum absolute atomic E-state index is 12.8. The Kier molecular flexibility index (Phi) is 6.16. The predicted molar refractivity (Wildman–Crippen MR) is 109 cm³/mol. The van der Waals surface area contributed by atoms with Crippen molar-refractivity contribution in [2.75, 3.05) is 11.9 Å². The van der Waals surface area contributed by atoms with Gasteiger partial charge in [-0.05, 0) is 37.1 Å². The van der Waals surface area contributed by atoms with Crippen LogP contribution in [0.3, 0.4) is 0 Å². The Balaban J connectivity index is 1.89. The van der Waals surface area contributed by atoms with Crippen LogP contribution in [0.4, 0.5) is 10.5 Å². The Labute approximate surface area is 170 Å². The molecule has 0 radical (unpaired) electrons. The van der Waals surface area contributed by atoms with Gasteiger partial charge in [0, 0.05) is 19.2 Å². The molecule has 1 heterocycles. The van der Waals surface area contributed by atoms with Gasteiger partial charge in [0.15, 0.2) is 12.1 Å². The molecule has 0 spiro atoms. The summed E-state index contributed by atoms with van der Waals surface area (Å²) in [5.41, 5.74) is 3.33. The SMILES string of the molecule is CCNC(=O)C1C(c2ccc(NC(C)=O)cc2)OC(=O)N1Cc1cccc(C)c1. The Hall–Kier alpha value is -3.35. The van der Waals surface area contributed by atoms with Gasteiger partial charge >= 0.3 is 6.09 Å². The standard InChI is InChI=1S/C22H25N3O4/c1-4-23-21(27)19-20(17-8-10-18(11-9-17)24-15(3)26)29-22(28)25(19)13-16-7-5-6-14(2)12-16/h5-12,19-20H,4,13H2,1-3H3,(H,23,27)(H,24,26). The molecule has 2 aromatic rings. The molecule has 0 saturated carbocycles. The highest BCUT2D eigenvalue weighted by molar-refractivity contribution is 5.90. The fraction of sp³-hybridized carbons (Fsp3) is 0.318. The molecule has 2 atom stereocenters. The van der Waals surface area contributed by atoms with Crippen molar-refractivity contribution in [3.8, 4) is 0 Å². The van der Waals surface area contributed by atoms with E-state index >= 15 is 0 Å². The third kappa shape index (κ3) is 4.74. The lowest BCUT2D eigenvalue weighted by molar-refractivity contribution is -0.126. The van der Waals surface area contributed by atoms with Crippen LogP contribution in [0.5, 0.6) is 0 Å². The van der Waals surface area contributed by atoms with E-state index in [9.17, 15) is 14.4 Å². The normalized spacial score (nSPS) is 18.3. The molecule has 2 aromatic carbocycles. The number of ether oxygens (including phenoxy) is 1. The molecule has 3 rings (SSSR count). The van der Waals surface area contributed by atoms with Gasteiger partial charge in [0.2, 0.25) is 11.8 Å². The highest BCUT2D eigenvalue weighted by Crippen LogP contribution is 2.34. The number of nitrogens with zero attached hydrogens (tertiary/aromatic N) is 1. The Morgan fingerprint density at radius 3 is 2.48 bits per heavy atom. The monoisotopic (exact) mass is 395 g/mol. The second-order valence-corrected chi connectivity index (χ2v) is 7.06. The van der Waals surface area contributed by atoms with Crippen molar-refractivity contribution in [1.29, 1.82) is 0 Å². The van der Waals surface area contributed by atoms with Crippen LogP contribution in [-0.2, 0) is 20.9 Å². The van der Waals surface area contributed by atoms with E-state index in [4.69, 9.17) is 4.74 Å². The molecule has 1 aliphatic heterocycles. The topological polar surface area (TPSA) is 87.7 Å². The van der Waals surface area contributed by atoms with Crippen molar-refractivity contribution in [3.63, 3.8) is 0 Å². The number of amides is 3. The predicted octanol–water partition coefficient (Wildman–Crippen LogP) is 3.15. The number of likely N-dealkylation sites (N-methyl/N-ethyl adjacent to an activating group) is 1. The summed E-state index contributed by atoms with van der Waals surface area (Å²) in [5, 5.41) is 5.50. The van der Waals surface area contributed by atoms with E-state index in [-0.39, 0.29) is 18.4 Å². The Morgan fingerprint density at radius 2 is 1.86 bits per heavy atom. The lowest BCUT2D eigenvalue weighted by Crippen LogP contribution is -2.46. The molecular weight excluding hydrogens is 370 g/mol. The maximum Gasteiger partial charge on any atom is 0.411 e. The van der Waals surface area contributed by atoms with Crippen molar-refractivity contribution < 1.29 is 19.1 Å². The van der Waals surface area contributed by atoms with Crippen molar-refractivity contribution in [1.82, 2.24) is 10.2 Å². The molecule has 1 aliphatic rings. The molecule has 7 heteroatoms. The molecule has 0 bridgehead atoms. The van der Waals surface area contributed by atoms with Crippen LogP contribution in [0.25, 0.3) is 0 Å². The molecule has 1 saturated heterocycles. The minimum absolute atomic E-state index is 0.172. The average molecular weight is 395 g/mol. The number of aryl methyl sites for hydroxylation is 1. The first kappa shape index (κ1) is 20.4. The minimum Gasteiger partial charge on any atom is -0.438 e. The molecule has 0 aliphatic carbocycles. The van der Waals surface area contributed by atoms with Crippen molar-refractivity contribution in [3.05, 3.63) is 65.2 Å². The Bertz CT molecular complexity index is 911. The number of hydrogen-bond donors (Lipinski definition) is 2. The summed E-state index contributed by atoms with van der Waals surface area (Å²) >= 11 is 0. The van der Waals surface area contributed by atoms with Crippen LogP contribution in [-0.4, -0.2) is 35.4 Å². The third-order valence-electron chi connectivity index (χ3n) is 4.70. The number of carbonyl (C=O) groups excluding carboxylic acids is 3. The minimum atomic E-state index is -0.783. The van der Waals surface area contributed by atoms with E-state index in [0.717, 1.165) is 11.1 Å². The van der Waals surface area contributed by atoms with Gasteiger partial charge < -0.3 is 15.4 Å². The van der Waals surface area contributed by atoms with E-state index in [1.165, 1.54) is 11.8 Å². The van der Waals surface area contributed by atoms with Gasteiger partial charge in [0.1, 0.15) is 0 Å². The number of hydrogen-bond acceptors (Lipinski definition) is 4. The summed E-state index contributed by atoms with van der Waals surface area (Å²) in [7, 11) is 0. The summed E-state index contributed by atoms with van der Waals surface area (Å²) in [6.45, 7) is 5.98. The van der Waals surface area contributed by atoms with Crippen molar-refractivity contribution in [2.45, 2.75) is 39.5 Å². The molecule has 7 nitrogen and oxygen atoms in total. The third-order valence-corrected chi connectivity index (χ3v) is 4.70. The summed E-state index contributed by atoms with van der Waals surface area (Å²) < 4.78 is 5.60. The second kappa shape index (κ2) is 8.77. The number of nitrogens with one attached hydrogen (secondary N) is 2. The highest BCUT2D eigenvalue weighted by atomic mass is 16.6. The zero-order valence-corrected chi connectivity index (χ0v) is 16.8. The Morgan fingerprint density at radius 1 is 1.14 bits per heavy atom. The van der Waals surface area contributed by atoms with Crippen LogP contribution in [0.15, 0.2) is 48.5 Å². The smallest absolute Gasteiger partial charge is 0.411 e. The van der Waals surface area contributed by atoms with E-state index in [0.29, 0.717) is 17.8 Å². The molecule has 29 heavy (non-hydrogen) atoms. The molecule has 152 valence electrons. The van der Waals surface area contributed by atoms with Gasteiger partial charge in [0.05, 0.1) is 6.54 Å². The van der Waals surface area contributed by atoms with E-state index in [2.05, 4.69) is 10.6 Å². The molecule has 3 amide bonds. The summed E-state index contributed by atoms with van der Waals surface area (Å²) in [4.78, 5) is 38.1. The van der Waals surface area contributed by atoms with Crippen LogP contribution >= 0.6 is 0 Å². The van der Waals surface area contributed by atoms with Crippen LogP contribution in [0.1, 0.15) is 36.6 Å². The molecule has 2 unspecified atom stereocenters. The molecule has 1 fully saturated rings. The number of rotatable bonds is 6. The summed E-state index contributed by atoms with van der Waals surface area (Å²) in [6.07, 6.45) is -1.26. The number of carbonyl (C=O) groups is 3. The first-order valence-electron chi connectivity index (χ1n) is 9.57. The van der Waals surface area contributed by atoms with E-state index in [1.54, 1.807) is 24.3 Å². The van der Waals surface area contributed by atoms with Gasteiger partial charge in [0.25, 0.3) is 0 Å². The van der Waals surface area contributed by atoms with Crippen LogP contribution in [0, 0.1) is 6.92 Å². The zero-order chi connectivity index (χ0) is 21.0. The van der Waals surface area contributed by atoms with Gasteiger partial charge in [-0.3, -0.25) is 14.5 Å². The number of cyclic esters (lactones) is 1. The van der Waals surface area contributed by atoms with E-state index in [1.807, 2.05) is 38.1 Å². The first-order valence-corrected chi connectivity index (χ1v) is 9.57. The fourth-order valence-corrected chi connectivity index (χ4v) is 3.46. The van der Waals surface area contributed by atoms with Gasteiger partial charge in [-0.2, -0.15) is 0 Å². The highest BCUT2D eigenvalue weighted by Gasteiger charge is 2.46. The zero-order valence-electron chi connectivity index (χ0n) is 16.8. The largest absolute Gasteiger partial charge is 0.438 e. The second-order valence-electron chi connectivity index (χ2n) is 7.06. The summed E-state index contributed by atoms with van der Waals surface area (Å²) in [6, 6.07) is 14.0. The van der Waals surface area contributed by atoms with Crippen molar-refractivity contribution in [2.24, 2.45) is 0 Å². The quantitative estimate of drug-likeness (QED) is 0.787. The van der Waals surface area contributed by atoms with Crippen LogP contribution < -0.4 is 10.6 Å². The lowest BCUT2D eigenvalue weighted by Gasteiger charge is -2.24. The van der Waals surface area contributed by atoms with Gasteiger partial charge in [-0.1, -0.05) is 42.0 Å². The van der Waals surface area contributed by atoms with Crippen LogP contribution in [0.2, 0.25) is 0 Å². The average Bonchev–Trinajstić information content (AvgIpc) is 2.98. The maximum atomic E-state index is 12.8. The number of anilines is 1. The molecule has 2 N–H and O–H groups in total. The summed E-state index contributed by atoms with van der Waals surface area (Å²) in [5.74, 6) is -0.434. The van der Waals surface area contributed by atoms with Crippen molar-refractivity contribution >= 4 is 23.6 Å². The molecule has 0 aromatic heterocycles. The first-order chi connectivity index (χ1) is 13.9. The van der Waals surface area contributed by atoms with Gasteiger partial charge in [-0.25, -0.2) is 4.79 Å². The molecular formula is C22H25N3O4. The fourth-order valence-electron chi connectivity index (χ4n) is 3.46.